The summed E-state index contributed by atoms with van der Waals surface area (Å²) in [5.41, 5.74) is 1.77. The van der Waals surface area contributed by atoms with Gasteiger partial charge in [0, 0.05) is 33.1 Å². The van der Waals surface area contributed by atoms with Crippen LogP contribution in [0.2, 0.25) is 0 Å². The lowest BCUT2D eigenvalue weighted by atomic mass is 10.2. The molecule has 1 aliphatic rings. The van der Waals surface area contributed by atoms with Gasteiger partial charge in [0.2, 0.25) is 10.0 Å². The van der Waals surface area contributed by atoms with Gasteiger partial charge < -0.3 is 0 Å². The standard InChI is InChI=1S/C11H15NO2S2.C7H6BrClO2S/c1-9-6-10(15)8-11(7-9)16(13,14)12-4-2-3-5-12;1-5-2-6(8)4-7(3-5)12(9,10)11/h6-8,15H,2-5H2,1H3;2-4H,1H3. The van der Waals surface area contributed by atoms with Crippen LogP contribution in [0.15, 0.2) is 55.6 Å². The smallest absolute Gasteiger partial charge is 0.207 e. The van der Waals surface area contributed by atoms with E-state index in [1.165, 1.54) is 12.1 Å². The predicted octanol–water partition coefficient (Wildman–Crippen LogP) is 4.75. The minimum atomic E-state index is -3.61. The molecule has 10 heteroatoms. The van der Waals surface area contributed by atoms with E-state index in [0.29, 0.717) is 27.4 Å². The number of aryl methyl sites for hydroxylation is 2. The number of nitrogens with zero attached hydrogens (tertiary/aromatic N) is 1. The highest BCUT2D eigenvalue weighted by Crippen LogP contribution is 2.24. The van der Waals surface area contributed by atoms with Crippen molar-refractivity contribution in [3.05, 3.63) is 52.0 Å². The molecule has 0 aromatic heterocycles. The minimum absolute atomic E-state index is 0.121. The number of hydrogen-bond acceptors (Lipinski definition) is 5. The van der Waals surface area contributed by atoms with Crippen LogP contribution in [0.1, 0.15) is 24.0 Å². The molecule has 2 aromatic rings. The average Bonchev–Trinajstić information content (AvgIpc) is 3.08. The van der Waals surface area contributed by atoms with Gasteiger partial charge in [-0.25, -0.2) is 16.8 Å². The van der Waals surface area contributed by atoms with Crippen LogP contribution in [0.4, 0.5) is 0 Å². The molecule has 0 radical (unpaired) electrons. The number of benzene rings is 2. The Hall–Kier alpha value is -0.580. The van der Waals surface area contributed by atoms with Crippen LogP contribution < -0.4 is 0 Å². The zero-order chi connectivity index (χ0) is 21.1. The van der Waals surface area contributed by atoms with Crippen molar-refractivity contribution >= 4 is 58.3 Å². The molecular formula is C18H21BrClNO4S3. The third kappa shape index (κ3) is 6.47. The first-order chi connectivity index (χ1) is 12.9. The second-order valence-corrected chi connectivity index (χ2v) is 12.5. The molecule has 0 saturated carbocycles. The van der Waals surface area contributed by atoms with Crippen LogP contribution in [-0.4, -0.2) is 34.2 Å². The topological polar surface area (TPSA) is 71.5 Å². The van der Waals surface area contributed by atoms with Gasteiger partial charge in [0.1, 0.15) is 0 Å². The summed E-state index contributed by atoms with van der Waals surface area (Å²) in [5.74, 6) is 0. The highest BCUT2D eigenvalue weighted by Gasteiger charge is 2.27. The van der Waals surface area contributed by atoms with Crippen molar-refractivity contribution < 1.29 is 16.8 Å². The van der Waals surface area contributed by atoms with Crippen LogP contribution in [0.5, 0.6) is 0 Å². The van der Waals surface area contributed by atoms with Crippen molar-refractivity contribution in [2.24, 2.45) is 0 Å². The molecule has 0 bridgehead atoms. The fourth-order valence-electron chi connectivity index (χ4n) is 2.80. The zero-order valence-electron chi connectivity index (χ0n) is 15.4. The summed E-state index contributed by atoms with van der Waals surface area (Å²) >= 11 is 7.40. The van der Waals surface area contributed by atoms with Gasteiger partial charge in [0.05, 0.1) is 9.79 Å². The first-order valence-electron chi connectivity index (χ1n) is 8.42. The van der Waals surface area contributed by atoms with E-state index < -0.39 is 19.1 Å². The summed E-state index contributed by atoms with van der Waals surface area (Å²) in [6, 6.07) is 9.97. The molecular weight excluding hydrogens is 506 g/mol. The third-order valence-corrected chi connectivity index (χ3v) is 7.96. The number of rotatable bonds is 3. The van der Waals surface area contributed by atoms with Crippen molar-refractivity contribution in [1.82, 2.24) is 4.31 Å². The van der Waals surface area contributed by atoms with Crippen molar-refractivity contribution in [1.29, 1.82) is 0 Å². The van der Waals surface area contributed by atoms with E-state index in [9.17, 15) is 16.8 Å². The van der Waals surface area contributed by atoms with Gasteiger partial charge in [-0.2, -0.15) is 4.31 Å². The molecule has 5 nitrogen and oxygen atoms in total. The molecule has 1 aliphatic heterocycles. The lowest BCUT2D eigenvalue weighted by molar-refractivity contribution is 0.477. The molecule has 1 saturated heterocycles. The molecule has 0 N–H and O–H groups in total. The number of hydrogen-bond donors (Lipinski definition) is 1. The Morgan fingerprint density at radius 3 is 1.93 bits per heavy atom. The Labute approximate surface area is 185 Å². The first kappa shape index (κ1) is 23.7. The largest absolute Gasteiger partial charge is 0.261 e. The van der Waals surface area contributed by atoms with Gasteiger partial charge in [-0.15, -0.1) is 12.6 Å². The number of thiol groups is 1. The molecule has 0 atom stereocenters. The predicted molar refractivity (Wildman–Crippen MR) is 118 cm³/mol. The van der Waals surface area contributed by atoms with E-state index >= 15 is 0 Å². The summed E-state index contributed by atoms with van der Waals surface area (Å²) in [6.07, 6.45) is 1.91. The number of halogens is 2. The maximum Gasteiger partial charge on any atom is 0.261 e. The highest BCUT2D eigenvalue weighted by molar-refractivity contribution is 9.10. The van der Waals surface area contributed by atoms with Gasteiger partial charge in [0.25, 0.3) is 9.05 Å². The van der Waals surface area contributed by atoms with E-state index in [1.807, 2.05) is 19.1 Å². The molecule has 154 valence electrons. The SMILES string of the molecule is Cc1cc(Br)cc(S(=O)(=O)Cl)c1.Cc1cc(S)cc(S(=O)(=O)N2CCCC2)c1. The minimum Gasteiger partial charge on any atom is -0.207 e. The van der Waals surface area contributed by atoms with Crippen LogP contribution >= 0.6 is 39.2 Å². The molecule has 1 heterocycles. The van der Waals surface area contributed by atoms with Gasteiger partial charge in [-0.1, -0.05) is 15.9 Å². The second kappa shape index (κ2) is 9.49. The Kier molecular flexibility index (Phi) is 8.03. The Morgan fingerprint density at radius 1 is 0.893 bits per heavy atom. The zero-order valence-corrected chi connectivity index (χ0v) is 20.3. The van der Waals surface area contributed by atoms with E-state index in [1.54, 1.807) is 23.4 Å². The summed E-state index contributed by atoms with van der Waals surface area (Å²) < 4.78 is 48.5. The van der Waals surface area contributed by atoms with Crippen LogP contribution in [0.25, 0.3) is 0 Å². The summed E-state index contributed by atoms with van der Waals surface area (Å²) in [5, 5.41) is 0. The van der Waals surface area contributed by atoms with Crippen LogP contribution in [-0.2, 0) is 19.1 Å². The molecule has 0 spiro atoms. The fourth-order valence-corrected chi connectivity index (χ4v) is 6.50. The van der Waals surface area contributed by atoms with Gasteiger partial charge in [0.15, 0.2) is 0 Å². The lowest BCUT2D eigenvalue weighted by Gasteiger charge is -2.16. The normalized spacial score (nSPS) is 15.2. The molecule has 0 amide bonds. The van der Waals surface area contributed by atoms with Gasteiger partial charge in [-0.05, 0) is 74.2 Å². The summed E-state index contributed by atoms with van der Waals surface area (Å²) in [4.78, 5) is 1.17. The maximum atomic E-state index is 12.2. The van der Waals surface area contributed by atoms with E-state index in [-0.39, 0.29) is 4.90 Å². The molecule has 0 aliphatic carbocycles. The van der Waals surface area contributed by atoms with E-state index in [4.69, 9.17) is 10.7 Å². The molecule has 28 heavy (non-hydrogen) atoms. The van der Waals surface area contributed by atoms with Crippen LogP contribution in [0, 0.1) is 13.8 Å². The van der Waals surface area contributed by atoms with Crippen LogP contribution in [0.3, 0.4) is 0 Å². The second-order valence-electron chi connectivity index (χ2n) is 6.52. The van der Waals surface area contributed by atoms with Crippen molar-refractivity contribution in [2.45, 2.75) is 41.4 Å². The van der Waals surface area contributed by atoms with Crippen molar-refractivity contribution in [3.63, 3.8) is 0 Å². The summed E-state index contributed by atoms with van der Waals surface area (Å²) in [6.45, 7) is 4.95. The average molecular weight is 527 g/mol. The monoisotopic (exact) mass is 525 g/mol. The molecule has 0 unspecified atom stereocenters. The third-order valence-electron chi connectivity index (χ3n) is 4.04. The molecule has 3 rings (SSSR count). The van der Waals surface area contributed by atoms with Crippen molar-refractivity contribution in [2.75, 3.05) is 13.1 Å². The quantitative estimate of drug-likeness (QED) is 0.463. The van der Waals surface area contributed by atoms with Gasteiger partial charge in [-0.3, -0.25) is 0 Å². The fraction of sp³-hybridized carbons (Fsp3) is 0.333. The highest BCUT2D eigenvalue weighted by atomic mass is 79.9. The first-order valence-corrected chi connectivity index (χ1v) is 13.4. The van der Waals surface area contributed by atoms with Crippen molar-refractivity contribution in [3.8, 4) is 0 Å². The summed E-state index contributed by atoms with van der Waals surface area (Å²) in [7, 11) is -1.75. The Bertz CT molecular complexity index is 1030. The Balaban J connectivity index is 0.000000209. The lowest BCUT2D eigenvalue weighted by Crippen LogP contribution is -2.27. The number of sulfonamides is 1. The van der Waals surface area contributed by atoms with E-state index in [0.717, 1.165) is 24.0 Å². The maximum absolute atomic E-state index is 12.2. The molecule has 1 fully saturated rings. The Morgan fingerprint density at radius 2 is 1.43 bits per heavy atom. The van der Waals surface area contributed by atoms with E-state index in [2.05, 4.69) is 28.6 Å². The van der Waals surface area contributed by atoms with Gasteiger partial charge >= 0.3 is 0 Å². The molecule has 2 aromatic carbocycles.